The van der Waals surface area contributed by atoms with E-state index < -0.39 is 6.04 Å². The standard InChI is InChI=1S/C19H16N2O/c1-2-14-21-17-11-7-6-10-16(17)20-19(22)18(21)13-12-15-8-4-3-5-9-15/h2-11,18H,1,14H2,(H,20,22)/t18-/m1/s1. The van der Waals surface area contributed by atoms with Gasteiger partial charge in [-0.15, -0.1) is 6.58 Å². The molecule has 1 amide bonds. The smallest absolute Gasteiger partial charge is 0.259 e. The van der Waals surface area contributed by atoms with E-state index in [-0.39, 0.29) is 5.91 Å². The Bertz CT molecular complexity index is 756. The van der Waals surface area contributed by atoms with Crippen LogP contribution >= 0.6 is 0 Å². The van der Waals surface area contributed by atoms with E-state index in [1.165, 1.54) is 0 Å². The number of hydrogen-bond donors (Lipinski definition) is 1. The molecule has 1 aliphatic heterocycles. The van der Waals surface area contributed by atoms with Crippen LogP contribution in [0.4, 0.5) is 11.4 Å². The van der Waals surface area contributed by atoms with Gasteiger partial charge < -0.3 is 10.2 Å². The van der Waals surface area contributed by atoms with Gasteiger partial charge in [0.2, 0.25) is 0 Å². The highest BCUT2D eigenvalue weighted by Gasteiger charge is 2.30. The maximum Gasteiger partial charge on any atom is 0.259 e. The molecule has 0 aromatic heterocycles. The number of para-hydroxylation sites is 2. The quantitative estimate of drug-likeness (QED) is 0.680. The topological polar surface area (TPSA) is 32.3 Å². The van der Waals surface area contributed by atoms with E-state index in [0.717, 1.165) is 16.9 Å². The monoisotopic (exact) mass is 288 g/mol. The van der Waals surface area contributed by atoms with E-state index in [2.05, 4.69) is 23.7 Å². The first-order valence-electron chi connectivity index (χ1n) is 7.13. The predicted molar refractivity (Wildman–Crippen MR) is 89.7 cm³/mol. The molecule has 3 rings (SSSR count). The molecule has 0 radical (unpaired) electrons. The lowest BCUT2D eigenvalue weighted by molar-refractivity contribution is -0.116. The van der Waals surface area contributed by atoms with Crippen LogP contribution in [0.15, 0.2) is 67.3 Å². The molecule has 0 bridgehead atoms. The molecule has 0 saturated heterocycles. The number of nitrogens with zero attached hydrogens (tertiary/aromatic N) is 1. The number of amides is 1. The molecule has 108 valence electrons. The van der Waals surface area contributed by atoms with Crippen molar-refractivity contribution in [2.45, 2.75) is 6.04 Å². The third-order valence-electron chi connectivity index (χ3n) is 3.48. The zero-order valence-corrected chi connectivity index (χ0v) is 12.1. The van der Waals surface area contributed by atoms with Gasteiger partial charge in [-0.05, 0) is 24.3 Å². The summed E-state index contributed by atoms with van der Waals surface area (Å²) < 4.78 is 0. The first-order chi connectivity index (χ1) is 10.8. The van der Waals surface area contributed by atoms with Gasteiger partial charge in [-0.2, -0.15) is 0 Å². The van der Waals surface area contributed by atoms with Crippen molar-refractivity contribution in [1.29, 1.82) is 0 Å². The Hall–Kier alpha value is -2.99. The van der Waals surface area contributed by atoms with Crippen molar-refractivity contribution in [3.05, 3.63) is 72.8 Å². The number of carbonyl (C=O) groups is 1. The zero-order chi connectivity index (χ0) is 15.4. The van der Waals surface area contributed by atoms with E-state index in [4.69, 9.17) is 0 Å². The summed E-state index contributed by atoms with van der Waals surface area (Å²) in [5.74, 6) is 6.05. The van der Waals surface area contributed by atoms with Crippen molar-refractivity contribution in [2.24, 2.45) is 0 Å². The van der Waals surface area contributed by atoms with Gasteiger partial charge in [0.25, 0.3) is 5.91 Å². The number of anilines is 2. The third kappa shape index (κ3) is 2.72. The molecule has 1 aliphatic rings. The fourth-order valence-electron chi connectivity index (χ4n) is 2.47. The minimum Gasteiger partial charge on any atom is -0.344 e. The molecule has 0 saturated carbocycles. The second kappa shape index (κ2) is 6.19. The highest BCUT2D eigenvalue weighted by Crippen LogP contribution is 2.31. The van der Waals surface area contributed by atoms with Crippen LogP contribution in [0.3, 0.4) is 0 Å². The second-order valence-electron chi connectivity index (χ2n) is 4.99. The summed E-state index contributed by atoms with van der Waals surface area (Å²) >= 11 is 0. The SMILES string of the molecule is C=CCN1c2ccccc2NC(=O)[C@H]1C#Cc1ccccc1. The van der Waals surface area contributed by atoms with Crippen molar-refractivity contribution in [2.75, 3.05) is 16.8 Å². The van der Waals surface area contributed by atoms with Crippen LogP contribution in [0.1, 0.15) is 5.56 Å². The summed E-state index contributed by atoms with van der Waals surface area (Å²) in [7, 11) is 0. The van der Waals surface area contributed by atoms with Crippen LogP contribution in [0.25, 0.3) is 0 Å². The highest BCUT2D eigenvalue weighted by atomic mass is 16.2. The molecular formula is C19H16N2O. The largest absolute Gasteiger partial charge is 0.344 e. The molecule has 2 aromatic carbocycles. The maximum absolute atomic E-state index is 12.4. The lowest BCUT2D eigenvalue weighted by atomic mass is 10.1. The van der Waals surface area contributed by atoms with Crippen LogP contribution in [0, 0.1) is 11.8 Å². The molecule has 3 heteroatoms. The Morgan fingerprint density at radius 2 is 1.86 bits per heavy atom. The number of carbonyl (C=O) groups excluding carboxylic acids is 1. The van der Waals surface area contributed by atoms with Gasteiger partial charge in [0, 0.05) is 12.1 Å². The van der Waals surface area contributed by atoms with Crippen molar-refractivity contribution in [1.82, 2.24) is 0 Å². The molecule has 0 fully saturated rings. The van der Waals surface area contributed by atoms with Gasteiger partial charge >= 0.3 is 0 Å². The number of hydrogen-bond acceptors (Lipinski definition) is 2. The summed E-state index contributed by atoms with van der Waals surface area (Å²) in [6, 6.07) is 16.9. The fraction of sp³-hybridized carbons (Fsp3) is 0.105. The molecule has 22 heavy (non-hydrogen) atoms. The molecule has 0 aliphatic carbocycles. The molecule has 2 aromatic rings. The van der Waals surface area contributed by atoms with Crippen LogP contribution in [0.5, 0.6) is 0 Å². The number of nitrogens with one attached hydrogen (secondary N) is 1. The Morgan fingerprint density at radius 3 is 2.64 bits per heavy atom. The molecule has 3 nitrogen and oxygen atoms in total. The first kappa shape index (κ1) is 14.0. The Labute approximate surface area is 130 Å². The van der Waals surface area contributed by atoms with Crippen LogP contribution in [-0.2, 0) is 4.79 Å². The molecule has 1 heterocycles. The van der Waals surface area contributed by atoms with Gasteiger partial charge in [-0.3, -0.25) is 4.79 Å². The number of rotatable bonds is 2. The first-order valence-corrected chi connectivity index (χ1v) is 7.13. The highest BCUT2D eigenvalue weighted by molar-refractivity contribution is 6.05. The van der Waals surface area contributed by atoms with E-state index in [0.29, 0.717) is 6.54 Å². The van der Waals surface area contributed by atoms with Crippen molar-refractivity contribution >= 4 is 17.3 Å². The van der Waals surface area contributed by atoms with Crippen molar-refractivity contribution in [3.8, 4) is 11.8 Å². The summed E-state index contributed by atoms with van der Waals surface area (Å²) in [5.41, 5.74) is 2.68. The average Bonchev–Trinajstić information content (AvgIpc) is 2.55. The summed E-state index contributed by atoms with van der Waals surface area (Å²) in [5, 5.41) is 2.92. The van der Waals surface area contributed by atoms with Gasteiger partial charge in [0.15, 0.2) is 6.04 Å². The van der Waals surface area contributed by atoms with Crippen LogP contribution in [-0.4, -0.2) is 18.5 Å². The zero-order valence-electron chi connectivity index (χ0n) is 12.1. The molecule has 0 spiro atoms. The second-order valence-corrected chi connectivity index (χ2v) is 4.99. The Balaban J connectivity index is 1.98. The van der Waals surface area contributed by atoms with Gasteiger partial charge in [-0.25, -0.2) is 0 Å². The van der Waals surface area contributed by atoms with E-state index in [9.17, 15) is 4.79 Å². The van der Waals surface area contributed by atoms with E-state index in [1.54, 1.807) is 6.08 Å². The Morgan fingerprint density at radius 1 is 1.14 bits per heavy atom. The van der Waals surface area contributed by atoms with E-state index >= 15 is 0 Å². The summed E-state index contributed by atoms with van der Waals surface area (Å²) in [4.78, 5) is 14.3. The normalized spacial score (nSPS) is 16.1. The molecule has 0 unspecified atom stereocenters. The maximum atomic E-state index is 12.4. The summed E-state index contributed by atoms with van der Waals surface area (Å²) in [6.07, 6.45) is 1.78. The average molecular weight is 288 g/mol. The lowest BCUT2D eigenvalue weighted by Gasteiger charge is -2.34. The van der Waals surface area contributed by atoms with E-state index in [1.807, 2.05) is 59.5 Å². The predicted octanol–water partition coefficient (Wildman–Crippen LogP) is 3.05. The van der Waals surface area contributed by atoms with Gasteiger partial charge in [-0.1, -0.05) is 48.2 Å². The van der Waals surface area contributed by atoms with Crippen molar-refractivity contribution < 1.29 is 4.79 Å². The minimum atomic E-state index is -0.520. The van der Waals surface area contributed by atoms with Crippen molar-refractivity contribution in [3.63, 3.8) is 0 Å². The number of benzene rings is 2. The molecule has 1 N–H and O–H groups in total. The fourth-order valence-corrected chi connectivity index (χ4v) is 2.47. The molecule has 1 atom stereocenters. The lowest BCUT2D eigenvalue weighted by Crippen LogP contribution is -2.47. The molecular weight excluding hydrogens is 272 g/mol. The van der Waals surface area contributed by atoms with Crippen LogP contribution < -0.4 is 10.2 Å². The number of fused-ring (bicyclic) bond motifs is 1. The van der Waals surface area contributed by atoms with Gasteiger partial charge in [0.1, 0.15) is 0 Å². The summed E-state index contributed by atoms with van der Waals surface area (Å²) in [6.45, 7) is 4.35. The van der Waals surface area contributed by atoms with Crippen LogP contribution in [0.2, 0.25) is 0 Å². The van der Waals surface area contributed by atoms with Gasteiger partial charge in [0.05, 0.1) is 11.4 Å². The Kier molecular flexibility index (Phi) is 3.93. The third-order valence-corrected chi connectivity index (χ3v) is 3.48. The minimum absolute atomic E-state index is 0.107.